The summed E-state index contributed by atoms with van der Waals surface area (Å²) < 4.78 is 4.60. The molecule has 0 aromatic heterocycles. The van der Waals surface area contributed by atoms with E-state index in [4.69, 9.17) is 0 Å². The molecule has 2 fully saturated rings. The quantitative estimate of drug-likeness (QED) is 0.412. The Labute approximate surface area is 104 Å². The van der Waals surface area contributed by atoms with Gasteiger partial charge in [-0.3, -0.25) is 9.59 Å². The van der Waals surface area contributed by atoms with E-state index in [9.17, 15) is 19.5 Å². The molecule has 3 N–H and O–H groups in total. The smallest absolute Gasteiger partial charge is 0.331 e. The van der Waals surface area contributed by atoms with Gasteiger partial charge in [-0.2, -0.15) is 0 Å². The van der Waals surface area contributed by atoms with Crippen molar-refractivity contribution in [2.24, 2.45) is 5.92 Å². The predicted molar refractivity (Wildman–Crippen MR) is 59.2 cm³/mol. The van der Waals surface area contributed by atoms with Crippen LogP contribution >= 0.6 is 0 Å². The van der Waals surface area contributed by atoms with Gasteiger partial charge in [0, 0.05) is 6.54 Å². The third-order valence-electron chi connectivity index (χ3n) is 3.38. The zero-order valence-corrected chi connectivity index (χ0v) is 10.1. The molecule has 0 radical (unpaired) electrons. The lowest BCUT2D eigenvalue weighted by molar-refractivity contribution is -0.150. The molecule has 2 unspecified atom stereocenters. The van der Waals surface area contributed by atoms with Gasteiger partial charge in [-0.25, -0.2) is 4.79 Å². The van der Waals surface area contributed by atoms with Gasteiger partial charge in [0.15, 0.2) is 0 Å². The van der Waals surface area contributed by atoms with Crippen LogP contribution in [-0.2, 0) is 19.1 Å². The summed E-state index contributed by atoms with van der Waals surface area (Å²) in [6, 6.07) is 0. The Morgan fingerprint density at radius 2 is 2.17 bits per heavy atom. The topological polar surface area (TPSA) is 105 Å². The van der Waals surface area contributed by atoms with Crippen molar-refractivity contribution in [3.8, 4) is 0 Å². The van der Waals surface area contributed by atoms with E-state index in [0.717, 1.165) is 0 Å². The highest BCUT2D eigenvalue weighted by Gasteiger charge is 2.54. The minimum Gasteiger partial charge on any atom is -0.467 e. The molecule has 1 aliphatic heterocycles. The average Bonchev–Trinajstić information content (AvgIpc) is 3.08. The molecule has 0 aromatic rings. The highest BCUT2D eigenvalue weighted by Crippen LogP contribution is 2.37. The number of carbonyl (C=O) groups excluding carboxylic acids is 3. The van der Waals surface area contributed by atoms with Crippen LogP contribution in [-0.4, -0.2) is 48.2 Å². The van der Waals surface area contributed by atoms with Crippen LogP contribution in [0.5, 0.6) is 0 Å². The standard InChI is InChI=1S/C11H16N2O5/c1-18-10(17)11(3-4-11)13-9(16)7-6(14)2-5-12-8(7)15/h6-7,14H,2-5H2,1H3,(H,12,15)(H,13,16). The van der Waals surface area contributed by atoms with E-state index in [0.29, 0.717) is 25.8 Å². The SMILES string of the molecule is COC(=O)C1(NC(=O)C2C(=O)NCCC2O)CC1. The normalized spacial score (nSPS) is 29.1. The summed E-state index contributed by atoms with van der Waals surface area (Å²) in [4.78, 5) is 35.0. The van der Waals surface area contributed by atoms with Gasteiger partial charge < -0.3 is 20.5 Å². The third-order valence-corrected chi connectivity index (χ3v) is 3.38. The third kappa shape index (κ3) is 2.17. The Balaban J connectivity index is 2.03. The number of hydrogen-bond acceptors (Lipinski definition) is 5. The molecule has 2 aliphatic rings. The van der Waals surface area contributed by atoms with Crippen LogP contribution in [0.1, 0.15) is 19.3 Å². The second-order valence-corrected chi connectivity index (χ2v) is 4.69. The predicted octanol–water partition coefficient (Wildman–Crippen LogP) is -1.69. The number of hydrogen-bond donors (Lipinski definition) is 3. The maximum Gasteiger partial charge on any atom is 0.331 e. The molecule has 0 aromatic carbocycles. The largest absolute Gasteiger partial charge is 0.467 e. The van der Waals surface area contributed by atoms with Crippen molar-refractivity contribution in [1.29, 1.82) is 0 Å². The van der Waals surface area contributed by atoms with E-state index in [1.54, 1.807) is 0 Å². The fraction of sp³-hybridized carbons (Fsp3) is 0.727. The Hall–Kier alpha value is -1.63. The Kier molecular flexibility index (Phi) is 3.25. The number of carbonyl (C=O) groups is 3. The van der Waals surface area contributed by atoms with Crippen molar-refractivity contribution in [2.45, 2.75) is 30.9 Å². The number of ether oxygens (including phenoxy) is 1. The number of aliphatic hydroxyl groups excluding tert-OH is 1. The molecule has 1 heterocycles. The molecule has 100 valence electrons. The number of amides is 2. The van der Waals surface area contributed by atoms with Crippen LogP contribution in [0.3, 0.4) is 0 Å². The zero-order valence-electron chi connectivity index (χ0n) is 10.1. The van der Waals surface area contributed by atoms with Crippen LogP contribution in [0.15, 0.2) is 0 Å². The second kappa shape index (κ2) is 4.56. The molecular weight excluding hydrogens is 240 g/mol. The minimum absolute atomic E-state index is 0.328. The van der Waals surface area contributed by atoms with E-state index in [-0.39, 0.29) is 0 Å². The van der Waals surface area contributed by atoms with E-state index in [2.05, 4.69) is 15.4 Å². The molecule has 1 saturated heterocycles. The van der Waals surface area contributed by atoms with E-state index < -0.39 is 35.3 Å². The molecule has 1 aliphatic carbocycles. The lowest BCUT2D eigenvalue weighted by atomic mass is 9.94. The lowest BCUT2D eigenvalue weighted by Gasteiger charge is -2.27. The van der Waals surface area contributed by atoms with Gasteiger partial charge in [-0.05, 0) is 19.3 Å². The van der Waals surface area contributed by atoms with Crippen molar-refractivity contribution < 1.29 is 24.2 Å². The van der Waals surface area contributed by atoms with Crippen molar-refractivity contribution in [3.63, 3.8) is 0 Å². The van der Waals surface area contributed by atoms with Crippen molar-refractivity contribution in [2.75, 3.05) is 13.7 Å². The number of piperidine rings is 1. The molecule has 0 spiro atoms. The molecule has 7 heteroatoms. The van der Waals surface area contributed by atoms with Gasteiger partial charge in [0.2, 0.25) is 11.8 Å². The molecule has 2 rings (SSSR count). The van der Waals surface area contributed by atoms with Gasteiger partial charge >= 0.3 is 5.97 Å². The average molecular weight is 256 g/mol. The second-order valence-electron chi connectivity index (χ2n) is 4.69. The number of esters is 1. The zero-order chi connectivity index (χ0) is 13.3. The van der Waals surface area contributed by atoms with Crippen molar-refractivity contribution >= 4 is 17.8 Å². The van der Waals surface area contributed by atoms with Crippen molar-refractivity contribution in [3.05, 3.63) is 0 Å². The molecule has 0 bridgehead atoms. The summed E-state index contributed by atoms with van der Waals surface area (Å²) in [6.45, 7) is 0.353. The Morgan fingerprint density at radius 3 is 2.67 bits per heavy atom. The first kappa shape index (κ1) is 12.8. The van der Waals surface area contributed by atoms with Gasteiger partial charge in [-0.1, -0.05) is 0 Å². The van der Waals surface area contributed by atoms with Crippen molar-refractivity contribution in [1.82, 2.24) is 10.6 Å². The highest BCUT2D eigenvalue weighted by molar-refractivity contribution is 6.03. The van der Waals surface area contributed by atoms with Crippen LogP contribution < -0.4 is 10.6 Å². The number of rotatable bonds is 3. The maximum absolute atomic E-state index is 12.0. The molecule has 2 atom stereocenters. The Bertz CT molecular complexity index is 391. The monoisotopic (exact) mass is 256 g/mol. The molecule has 7 nitrogen and oxygen atoms in total. The van der Waals surface area contributed by atoms with Crippen LogP contribution in [0, 0.1) is 5.92 Å². The van der Waals surface area contributed by atoms with Gasteiger partial charge in [0.05, 0.1) is 13.2 Å². The maximum atomic E-state index is 12.0. The molecule has 2 amide bonds. The first-order valence-electron chi connectivity index (χ1n) is 5.86. The fourth-order valence-electron chi connectivity index (χ4n) is 2.10. The first-order valence-corrected chi connectivity index (χ1v) is 5.86. The molecule has 18 heavy (non-hydrogen) atoms. The number of nitrogens with one attached hydrogen (secondary N) is 2. The van der Waals surface area contributed by atoms with Crippen LogP contribution in [0.2, 0.25) is 0 Å². The minimum atomic E-state index is -1.15. The summed E-state index contributed by atoms with van der Waals surface area (Å²) in [5, 5.41) is 14.7. The first-order chi connectivity index (χ1) is 8.50. The molecular formula is C11H16N2O5. The summed E-state index contributed by atoms with van der Waals surface area (Å²) in [7, 11) is 1.25. The van der Waals surface area contributed by atoms with Gasteiger partial charge in [0.25, 0.3) is 0 Å². The van der Waals surface area contributed by atoms with Crippen LogP contribution in [0.4, 0.5) is 0 Å². The summed E-state index contributed by atoms with van der Waals surface area (Å²) >= 11 is 0. The number of methoxy groups -OCH3 is 1. The fourth-order valence-corrected chi connectivity index (χ4v) is 2.10. The van der Waals surface area contributed by atoms with E-state index >= 15 is 0 Å². The molecule has 1 saturated carbocycles. The summed E-state index contributed by atoms with van der Waals surface area (Å²) in [5.41, 5.74) is -0.997. The van der Waals surface area contributed by atoms with Gasteiger partial charge in [0.1, 0.15) is 11.5 Å². The van der Waals surface area contributed by atoms with Gasteiger partial charge in [-0.15, -0.1) is 0 Å². The van der Waals surface area contributed by atoms with E-state index in [1.807, 2.05) is 0 Å². The van der Waals surface area contributed by atoms with E-state index in [1.165, 1.54) is 7.11 Å². The highest BCUT2D eigenvalue weighted by atomic mass is 16.5. The Morgan fingerprint density at radius 1 is 1.50 bits per heavy atom. The lowest BCUT2D eigenvalue weighted by Crippen LogP contribution is -2.55. The number of aliphatic hydroxyl groups is 1. The van der Waals surface area contributed by atoms with Crippen LogP contribution in [0.25, 0.3) is 0 Å². The summed E-state index contributed by atoms with van der Waals surface area (Å²) in [6.07, 6.45) is 0.313. The summed E-state index contributed by atoms with van der Waals surface area (Å²) in [5.74, 6) is -2.79.